The van der Waals surface area contributed by atoms with Crippen molar-refractivity contribution < 1.29 is 14.1 Å². The first-order chi connectivity index (χ1) is 5.42. The van der Waals surface area contributed by atoms with E-state index < -0.39 is 10.8 Å². The maximum Gasteiger partial charge on any atom is 0.209 e. The summed E-state index contributed by atoms with van der Waals surface area (Å²) in [7, 11) is 2.76. The molecule has 0 bridgehead atoms. The van der Waals surface area contributed by atoms with E-state index in [9.17, 15) is 9.00 Å². The minimum atomic E-state index is -0.611. The van der Waals surface area contributed by atoms with E-state index >= 15 is 0 Å². The third kappa shape index (κ3) is 283. The molecule has 0 aliphatic heterocycles. The van der Waals surface area contributed by atoms with Gasteiger partial charge in [-0.3, -0.25) is 9.00 Å². The Labute approximate surface area is 77.0 Å². The van der Waals surface area contributed by atoms with E-state index in [0.29, 0.717) is 0 Å². The van der Waals surface area contributed by atoms with Crippen molar-refractivity contribution in [1.82, 2.24) is 4.90 Å². The fourth-order valence-electron chi connectivity index (χ4n) is 0. The zero-order chi connectivity index (χ0) is 10.6. The average molecular weight is 197 g/mol. The van der Waals surface area contributed by atoms with Crippen LogP contribution in [-0.4, -0.2) is 53.8 Å². The normalized spacial score (nSPS) is 7.25. The van der Waals surface area contributed by atoms with Crippen LogP contribution in [0.1, 0.15) is 6.92 Å². The Morgan fingerprint density at radius 3 is 1.50 bits per heavy atom. The molecule has 0 rings (SSSR count). The number of carbonyl (C=O) groups is 1. The summed E-state index contributed by atoms with van der Waals surface area (Å²) in [5.74, 6) is 0. The molecule has 76 valence electrons. The molecule has 0 radical (unpaired) electrons. The molecule has 4 nitrogen and oxygen atoms in total. The van der Waals surface area contributed by atoms with Crippen LogP contribution in [0.2, 0.25) is 0 Å². The number of nitrogens with zero attached hydrogens (tertiary/aromatic N) is 1. The predicted molar refractivity (Wildman–Crippen MR) is 52.5 cm³/mol. The standard InChI is InChI=1S/C3H7NO.C2H6OS.C2H6O/c1-4(2)3-5;1-4(2)3;1-2-3/h3H,1-2H3;1-2H3;3H,2H2,1H3. The summed E-state index contributed by atoms with van der Waals surface area (Å²) in [4.78, 5) is 10.9. The zero-order valence-electron chi connectivity index (χ0n) is 8.40. The van der Waals surface area contributed by atoms with Crippen molar-refractivity contribution in [3.05, 3.63) is 0 Å². The monoisotopic (exact) mass is 197 g/mol. The van der Waals surface area contributed by atoms with Crippen LogP contribution >= 0.6 is 0 Å². The van der Waals surface area contributed by atoms with Crippen molar-refractivity contribution in [2.45, 2.75) is 6.92 Å². The molecule has 1 amide bonds. The molecule has 0 spiro atoms. The smallest absolute Gasteiger partial charge is 0.209 e. The summed E-state index contributed by atoms with van der Waals surface area (Å²) in [6, 6.07) is 0. The second kappa shape index (κ2) is 16.9. The number of hydrogen-bond acceptors (Lipinski definition) is 3. The maximum absolute atomic E-state index is 9.56. The van der Waals surface area contributed by atoms with Crippen molar-refractivity contribution in [2.75, 3.05) is 33.2 Å². The lowest BCUT2D eigenvalue weighted by molar-refractivity contribution is -0.115. The third-order valence-electron chi connectivity index (χ3n) is 0.211. The SMILES string of the molecule is CCO.CN(C)C=O.CS(C)=O. The molecule has 0 saturated heterocycles. The Morgan fingerprint density at radius 2 is 1.50 bits per heavy atom. The largest absolute Gasteiger partial charge is 0.397 e. The number of carbonyl (C=O) groups excluding carboxylic acids is 1. The van der Waals surface area contributed by atoms with E-state index in [1.165, 1.54) is 4.90 Å². The Bertz CT molecular complexity index is 103. The zero-order valence-corrected chi connectivity index (χ0v) is 9.22. The fourth-order valence-corrected chi connectivity index (χ4v) is 0. The minimum Gasteiger partial charge on any atom is -0.397 e. The summed E-state index contributed by atoms with van der Waals surface area (Å²) < 4.78 is 9.56. The molecule has 0 aliphatic carbocycles. The van der Waals surface area contributed by atoms with E-state index in [1.807, 2.05) is 0 Å². The van der Waals surface area contributed by atoms with Gasteiger partial charge in [0.1, 0.15) is 0 Å². The van der Waals surface area contributed by atoms with Gasteiger partial charge >= 0.3 is 0 Å². The second-order valence-corrected chi connectivity index (χ2v) is 3.61. The van der Waals surface area contributed by atoms with Crippen LogP contribution in [0.25, 0.3) is 0 Å². The minimum absolute atomic E-state index is 0.250. The van der Waals surface area contributed by atoms with Crippen molar-refractivity contribution in [3.8, 4) is 0 Å². The molecule has 0 atom stereocenters. The van der Waals surface area contributed by atoms with Gasteiger partial charge in [0.15, 0.2) is 0 Å². The molecular formula is C7H19NO3S. The van der Waals surface area contributed by atoms with Gasteiger partial charge in [-0.25, -0.2) is 0 Å². The molecule has 12 heavy (non-hydrogen) atoms. The molecule has 0 aromatic rings. The number of hydrogen-bond donors (Lipinski definition) is 1. The van der Waals surface area contributed by atoms with Gasteiger partial charge in [0.2, 0.25) is 6.41 Å². The lowest BCUT2D eigenvalue weighted by Crippen LogP contribution is -2.06. The average Bonchev–Trinajstić information content (AvgIpc) is 1.88. The molecule has 0 heterocycles. The topological polar surface area (TPSA) is 57.6 Å². The van der Waals surface area contributed by atoms with Crippen LogP contribution < -0.4 is 0 Å². The van der Waals surface area contributed by atoms with E-state index in [4.69, 9.17) is 5.11 Å². The summed E-state index contributed by atoms with van der Waals surface area (Å²) in [5, 5.41) is 7.57. The molecule has 0 aromatic carbocycles. The number of amides is 1. The molecule has 0 unspecified atom stereocenters. The van der Waals surface area contributed by atoms with Crippen molar-refractivity contribution in [1.29, 1.82) is 0 Å². The van der Waals surface area contributed by atoms with E-state index in [0.717, 1.165) is 6.41 Å². The van der Waals surface area contributed by atoms with Crippen LogP contribution in [0.3, 0.4) is 0 Å². The van der Waals surface area contributed by atoms with Gasteiger partial charge in [0, 0.05) is 44.0 Å². The highest BCUT2D eigenvalue weighted by Crippen LogP contribution is 1.52. The fraction of sp³-hybridized carbons (Fsp3) is 0.857. The van der Waals surface area contributed by atoms with Crippen molar-refractivity contribution in [2.24, 2.45) is 0 Å². The van der Waals surface area contributed by atoms with Gasteiger partial charge in [-0.2, -0.15) is 0 Å². The van der Waals surface area contributed by atoms with Gasteiger partial charge in [-0.15, -0.1) is 0 Å². The van der Waals surface area contributed by atoms with Gasteiger partial charge in [-0.05, 0) is 6.92 Å². The molecule has 0 fully saturated rings. The molecule has 0 aromatic heterocycles. The first-order valence-electron chi connectivity index (χ1n) is 3.39. The van der Waals surface area contributed by atoms with E-state index in [2.05, 4.69) is 0 Å². The molecule has 5 heteroatoms. The summed E-state index contributed by atoms with van der Waals surface area (Å²) in [6.45, 7) is 1.93. The second-order valence-electron chi connectivity index (χ2n) is 2.13. The molecule has 0 saturated carbocycles. The van der Waals surface area contributed by atoms with Crippen LogP contribution in [0, 0.1) is 0 Å². The number of rotatable bonds is 1. The van der Waals surface area contributed by atoms with Gasteiger partial charge in [0.25, 0.3) is 0 Å². The molecule has 1 N–H and O–H groups in total. The van der Waals surface area contributed by atoms with Crippen molar-refractivity contribution in [3.63, 3.8) is 0 Å². The van der Waals surface area contributed by atoms with Crippen LogP contribution in [0.4, 0.5) is 0 Å². The molecule has 0 aliphatic rings. The highest BCUT2D eigenvalue weighted by Gasteiger charge is 1.68. The summed E-state index contributed by atoms with van der Waals surface area (Å²) in [6.07, 6.45) is 4.03. The lowest BCUT2D eigenvalue weighted by atomic mass is 10.9. The highest BCUT2D eigenvalue weighted by molar-refractivity contribution is 7.83. The van der Waals surface area contributed by atoms with E-state index in [1.54, 1.807) is 33.5 Å². The molecular weight excluding hydrogens is 178 g/mol. The summed E-state index contributed by atoms with van der Waals surface area (Å²) >= 11 is 0. The Kier molecular flexibility index (Phi) is 24.8. The first kappa shape index (κ1) is 17.6. The van der Waals surface area contributed by atoms with Crippen LogP contribution in [-0.2, 0) is 15.6 Å². The highest BCUT2D eigenvalue weighted by atomic mass is 32.2. The van der Waals surface area contributed by atoms with Gasteiger partial charge in [0.05, 0.1) is 0 Å². The maximum atomic E-state index is 9.56. The Balaban J connectivity index is -0.000000105. The number of aliphatic hydroxyl groups is 1. The Morgan fingerprint density at radius 1 is 1.42 bits per heavy atom. The van der Waals surface area contributed by atoms with Crippen molar-refractivity contribution >= 4 is 17.2 Å². The predicted octanol–water partition coefficient (Wildman–Crippen LogP) is -0.302. The quantitative estimate of drug-likeness (QED) is 0.587. The van der Waals surface area contributed by atoms with Crippen LogP contribution in [0.5, 0.6) is 0 Å². The Hall–Kier alpha value is -0.420. The summed E-state index contributed by atoms with van der Waals surface area (Å²) in [5.41, 5.74) is 0. The van der Waals surface area contributed by atoms with Crippen LogP contribution in [0.15, 0.2) is 0 Å². The first-order valence-corrected chi connectivity index (χ1v) is 5.36. The number of aliphatic hydroxyl groups excluding tert-OH is 1. The van der Waals surface area contributed by atoms with E-state index in [-0.39, 0.29) is 6.61 Å². The lowest BCUT2D eigenvalue weighted by Gasteiger charge is -1.93. The van der Waals surface area contributed by atoms with Gasteiger partial charge in [-0.1, -0.05) is 0 Å². The van der Waals surface area contributed by atoms with Gasteiger partial charge < -0.3 is 10.0 Å². The third-order valence-corrected chi connectivity index (χ3v) is 0.211.